The lowest BCUT2D eigenvalue weighted by molar-refractivity contribution is -0.152. The number of rotatable bonds is 7. The minimum Gasteiger partial charge on any atom is -0.496 e. The van der Waals surface area contributed by atoms with Crippen LogP contribution in [0.3, 0.4) is 0 Å². The van der Waals surface area contributed by atoms with E-state index in [1.807, 2.05) is 19.1 Å². The Kier molecular flexibility index (Phi) is 6.93. The fourth-order valence-electron chi connectivity index (χ4n) is 2.34. The number of nitrogens with one attached hydrogen (secondary N) is 2. The topological polar surface area (TPSA) is 93.7 Å². The van der Waals surface area contributed by atoms with Crippen LogP contribution in [0.2, 0.25) is 0 Å². The molecule has 0 aliphatic rings. The molecule has 0 radical (unpaired) electrons. The third kappa shape index (κ3) is 5.85. The quantitative estimate of drug-likeness (QED) is 0.730. The van der Waals surface area contributed by atoms with Gasteiger partial charge in [-0.1, -0.05) is 24.3 Å². The van der Waals surface area contributed by atoms with E-state index in [0.29, 0.717) is 17.0 Å². The monoisotopic (exact) mass is 370 g/mol. The van der Waals surface area contributed by atoms with Crippen LogP contribution in [0.5, 0.6) is 5.75 Å². The van der Waals surface area contributed by atoms with Crippen molar-refractivity contribution < 1.29 is 23.9 Å². The van der Waals surface area contributed by atoms with Gasteiger partial charge in [-0.05, 0) is 43.7 Å². The summed E-state index contributed by atoms with van der Waals surface area (Å²) in [6.45, 7) is 3.01. The van der Waals surface area contributed by atoms with Crippen molar-refractivity contribution in [3.8, 4) is 5.75 Å². The Morgan fingerprint density at radius 2 is 1.81 bits per heavy atom. The molecule has 0 saturated carbocycles. The third-order valence-electron chi connectivity index (χ3n) is 3.71. The zero-order valence-corrected chi connectivity index (χ0v) is 15.4. The largest absolute Gasteiger partial charge is 0.496 e. The Balaban J connectivity index is 1.84. The van der Waals surface area contributed by atoms with E-state index < -0.39 is 23.9 Å². The van der Waals surface area contributed by atoms with Gasteiger partial charge in [0.1, 0.15) is 12.3 Å². The number of aryl methyl sites for hydroxylation is 1. The van der Waals surface area contributed by atoms with E-state index in [9.17, 15) is 14.4 Å². The highest BCUT2D eigenvalue weighted by molar-refractivity contribution is 5.99. The van der Waals surface area contributed by atoms with Gasteiger partial charge in [-0.2, -0.15) is 0 Å². The molecule has 27 heavy (non-hydrogen) atoms. The predicted molar refractivity (Wildman–Crippen MR) is 101 cm³/mol. The van der Waals surface area contributed by atoms with E-state index in [1.54, 1.807) is 36.4 Å². The first-order chi connectivity index (χ1) is 12.9. The molecule has 7 heteroatoms. The average molecular weight is 370 g/mol. The zero-order chi connectivity index (χ0) is 19.8. The maximum absolute atomic E-state index is 12.1. The SMILES string of the molecule is COc1ccccc1C(=O)NCC(=O)O[C@H](C)C(=O)Nc1cccc(C)c1. The standard InChI is InChI=1S/C20H22N2O5/c1-13-7-6-8-15(11-13)22-19(24)14(2)27-18(23)12-21-20(25)16-9-4-5-10-17(16)26-3/h4-11,14H,12H2,1-3H3,(H,21,25)(H,22,24)/t14-/m1/s1. The minimum absolute atomic E-state index is 0.304. The summed E-state index contributed by atoms with van der Waals surface area (Å²) in [4.78, 5) is 36.2. The van der Waals surface area contributed by atoms with E-state index in [2.05, 4.69) is 10.6 Å². The minimum atomic E-state index is -0.999. The van der Waals surface area contributed by atoms with Gasteiger partial charge >= 0.3 is 5.97 Å². The molecular weight excluding hydrogens is 348 g/mol. The van der Waals surface area contributed by atoms with Crippen molar-refractivity contribution in [3.63, 3.8) is 0 Å². The van der Waals surface area contributed by atoms with Gasteiger partial charge in [0.2, 0.25) is 0 Å². The summed E-state index contributed by atoms with van der Waals surface area (Å²) in [7, 11) is 1.45. The van der Waals surface area contributed by atoms with Crippen molar-refractivity contribution in [1.82, 2.24) is 5.32 Å². The summed E-state index contributed by atoms with van der Waals surface area (Å²) in [5, 5.41) is 5.12. The lowest BCUT2D eigenvalue weighted by Crippen LogP contribution is -2.36. The molecule has 0 bridgehead atoms. The number of esters is 1. The Bertz CT molecular complexity index is 835. The number of carbonyl (C=O) groups is 3. The Labute approximate surface area is 157 Å². The molecule has 0 fully saturated rings. The van der Waals surface area contributed by atoms with E-state index in [-0.39, 0.29) is 6.54 Å². The van der Waals surface area contributed by atoms with E-state index in [0.717, 1.165) is 5.56 Å². The average Bonchev–Trinajstić information content (AvgIpc) is 2.66. The smallest absolute Gasteiger partial charge is 0.326 e. The summed E-state index contributed by atoms with van der Waals surface area (Å²) in [6.07, 6.45) is -0.999. The molecule has 2 rings (SSSR count). The normalized spacial score (nSPS) is 11.2. The molecule has 0 aromatic heterocycles. The summed E-state index contributed by atoms with van der Waals surface area (Å²) in [5.74, 6) is -1.24. The van der Waals surface area contributed by atoms with Crippen LogP contribution < -0.4 is 15.4 Å². The van der Waals surface area contributed by atoms with Crippen LogP contribution in [-0.4, -0.2) is 37.5 Å². The van der Waals surface area contributed by atoms with Crippen LogP contribution in [0.4, 0.5) is 5.69 Å². The van der Waals surface area contributed by atoms with Gasteiger partial charge < -0.3 is 20.1 Å². The highest BCUT2D eigenvalue weighted by Crippen LogP contribution is 2.16. The molecule has 0 aliphatic heterocycles. The molecule has 1 atom stereocenters. The summed E-state index contributed by atoms with van der Waals surface area (Å²) in [6, 6.07) is 13.9. The third-order valence-corrected chi connectivity index (χ3v) is 3.71. The zero-order valence-electron chi connectivity index (χ0n) is 15.4. The molecule has 0 aliphatic carbocycles. The Morgan fingerprint density at radius 3 is 2.52 bits per heavy atom. The van der Waals surface area contributed by atoms with Crippen molar-refractivity contribution in [1.29, 1.82) is 0 Å². The van der Waals surface area contributed by atoms with Gasteiger partial charge in [-0.3, -0.25) is 14.4 Å². The molecule has 2 N–H and O–H groups in total. The number of ether oxygens (including phenoxy) is 2. The number of carbonyl (C=O) groups excluding carboxylic acids is 3. The molecule has 0 spiro atoms. The van der Waals surface area contributed by atoms with Gasteiger partial charge in [0.05, 0.1) is 12.7 Å². The highest BCUT2D eigenvalue weighted by atomic mass is 16.5. The first-order valence-corrected chi connectivity index (χ1v) is 8.39. The second kappa shape index (κ2) is 9.38. The number of anilines is 1. The van der Waals surface area contributed by atoms with Crippen molar-refractivity contribution in [2.75, 3.05) is 19.0 Å². The molecule has 2 amide bonds. The van der Waals surface area contributed by atoms with Crippen molar-refractivity contribution in [2.24, 2.45) is 0 Å². The van der Waals surface area contributed by atoms with Crippen LogP contribution in [-0.2, 0) is 14.3 Å². The van der Waals surface area contributed by atoms with Crippen molar-refractivity contribution >= 4 is 23.5 Å². The van der Waals surface area contributed by atoms with E-state index in [4.69, 9.17) is 9.47 Å². The fraction of sp³-hybridized carbons (Fsp3) is 0.250. The maximum atomic E-state index is 12.1. The van der Waals surface area contributed by atoms with Gasteiger partial charge in [-0.15, -0.1) is 0 Å². The Morgan fingerprint density at radius 1 is 1.07 bits per heavy atom. The van der Waals surface area contributed by atoms with Crippen molar-refractivity contribution in [3.05, 3.63) is 59.7 Å². The van der Waals surface area contributed by atoms with Gasteiger partial charge in [0.25, 0.3) is 11.8 Å². The molecule has 7 nitrogen and oxygen atoms in total. The molecule has 2 aromatic rings. The molecular formula is C20H22N2O5. The summed E-state index contributed by atoms with van der Waals surface area (Å²) in [5.41, 5.74) is 1.92. The first kappa shape index (κ1) is 20.0. The number of benzene rings is 2. The van der Waals surface area contributed by atoms with E-state index in [1.165, 1.54) is 14.0 Å². The Hall–Kier alpha value is -3.35. The second-order valence-electron chi connectivity index (χ2n) is 5.87. The molecule has 0 heterocycles. The molecule has 0 unspecified atom stereocenters. The summed E-state index contributed by atoms with van der Waals surface area (Å²) >= 11 is 0. The lowest BCUT2D eigenvalue weighted by Gasteiger charge is -2.14. The number of hydrogen-bond donors (Lipinski definition) is 2. The van der Waals surface area contributed by atoms with Crippen LogP contribution in [0.1, 0.15) is 22.8 Å². The van der Waals surface area contributed by atoms with Crippen LogP contribution >= 0.6 is 0 Å². The number of methoxy groups -OCH3 is 1. The summed E-state index contributed by atoms with van der Waals surface area (Å²) < 4.78 is 10.2. The van der Waals surface area contributed by atoms with Crippen LogP contribution in [0, 0.1) is 6.92 Å². The maximum Gasteiger partial charge on any atom is 0.326 e. The fourth-order valence-corrected chi connectivity index (χ4v) is 2.34. The van der Waals surface area contributed by atoms with Gasteiger partial charge in [0.15, 0.2) is 6.10 Å². The van der Waals surface area contributed by atoms with E-state index >= 15 is 0 Å². The van der Waals surface area contributed by atoms with Gasteiger partial charge in [0, 0.05) is 5.69 Å². The van der Waals surface area contributed by atoms with Gasteiger partial charge in [-0.25, -0.2) is 0 Å². The number of amides is 2. The number of para-hydroxylation sites is 1. The lowest BCUT2D eigenvalue weighted by atomic mass is 10.2. The molecule has 0 saturated heterocycles. The van der Waals surface area contributed by atoms with Crippen molar-refractivity contribution in [2.45, 2.75) is 20.0 Å². The highest BCUT2D eigenvalue weighted by Gasteiger charge is 2.19. The molecule has 142 valence electrons. The number of hydrogen-bond acceptors (Lipinski definition) is 5. The molecule has 2 aromatic carbocycles. The second-order valence-corrected chi connectivity index (χ2v) is 5.87. The van der Waals surface area contributed by atoms with Crippen LogP contribution in [0.25, 0.3) is 0 Å². The van der Waals surface area contributed by atoms with Crippen LogP contribution in [0.15, 0.2) is 48.5 Å². The first-order valence-electron chi connectivity index (χ1n) is 8.39. The predicted octanol–water partition coefficient (Wildman–Crippen LogP) is 2.30.